The molecular weight excluding hydrogens is 248 g/mol. The highest BCUT2D eigenvalue weighted by molar-refractivity contribution is 5.78. The predicted molar refractivity (Wildman–Crippen MR) is 68.8 cm³/mol. The number of methoxy groups -OCH3 is 2. The van der Waals surface area contributed by atoms with Gasteiger partial charge in [0.15, 0.2) is 0 Å². The lowest BCUT2D eigenvalue weighted by Crippen LogP contribution is -2.04. The smallest absolute Gasteiger partial charge is 0.305 e. The highest BCUT2D eigenvalue weighted by atomic mass is 16.7. The molecule has 1 aromatic rings. The van der Waals surface area contributed by atoms with E-state index in [9.17, 15) is 9.59 Å². The average Bonchev–Trinajstić information content (AvgIpc) is 2.45. The van der Waals surface area contributed by atoms with Crippen LogP contribution in [0.5, 0.6) is 0 Å². The Morgan fingerprint density at radius 3 is 2.74 bits per heavy atom. The van der Waals surface area contributed by atoms with Crippen molar-refractivity contribution in [3.8, 4) is 0 Å². The van der Waals surface area contributed by atoms with Crippen molar-refractivity contribution in [3.63, 3.8) is 0 Å². The minimum atomic E-state index is -0.288. The lowest BCUT2D eigenvalue weighted by atomic mass is 10.0. The number of carbonyl (C=O) groups is 2. The Hall–Kier alpha value is -1.72. The number of ether oxygens (including phenoxy) is 3. The molecule has 5 nitrogen and oxygen atoms in total. The van der Waals surface area contributed by atoms with Crippen molar-refractivity contribution >= 4 is 12.3 Å². The maximum atomic E-state index is 11.1. The van der Waals surface area contributed by atoms with E-state index in [2.05, 4.69) is 4.74 Å². The summed E-state index contributed by atoms with van der Waals surface area (Å²) in [6.45, 7) is 0.590. The van der Waals surface area contributed by atoms with Crippen LogP contribution in [0.15, 0.2) is 18.2 Å². The first kappa shape index (κ1) is 15.3. The number of carbonyl (C=O) groups excluding carboxylic acids is 2. The minimum Gasteiger partial charge on any atom is -0.469 e. The summed E-state index contributed by atoms with van der Waals surface area (Å²) in [6, 6.07) is 5.46. The SMILES string of the molecule is COCOCc1ccc(CCC(=O)OC)c(C=O)c1. The molecule has 0 unspecified atom stereocenters. The second-order valence-electron chi connectivity index (χ2n) is 3.98. The summed E-state index contributed by atoms with van der Waals surface area (Å²) in [6.07, 6.45) is 1.53. The molecule has 0 N–H and O–H groups in total. The number of hydrogen-bond donors (Lipinski definition) is 0. The number of hydrogen-bond acceptors (Lipinski definition) is 5. The number of rotatable bonds is 8. The Bertz CT molecular complexity index is 428. The van der Waals surface area contributed by atoms with E-state index in [-0.39, 0.29) is 19.2 Å². The van der Waals surface area contributed by atoms with Crippen LogP contribution in [0.3, 0.4) is 0 Å². The lowest BCUT2D eigenvalue weighted by molar-refractivity contribution is -0.140. The average molecular weight is 266 g/mol. The van der Waals surface area contributed by atoms with Gasteiger partial charge in [0.2, 0.25) is 0 Å². The van der Waals surface area contributed by atoms with Gasteiger partial charge in [-0.3, -0.25) is 9.59 Å². The van der Waals surface area contributed by atoms with Crippen molar-refractivity contribution in [2.75, 3.05) is 21.0 Å². The van der Waals surface area contributed by atoms with Gasteiger partial charge in [0, 0.05) is 19.1 Å². The molecule has 0 aromatic heterocycles. The summed E-state index contributed by atoms with van der Waals surface area (Å²) in [5.41, 5.74) is 2.29. The molecule has 5 heteroatoms. The van der Waals surface area contributed by atoms with Gasteiger partial charge < -0.3 is 14.2 Å². The van der Waals surface area contributed by atoms with Crippen LogP contribution >= 0.6 is 0 Å². The molecule has 0 spiro atoms. The van der Waals surface area contributed by atoms with E-state index in [1.54, 1.807) is 13.2 Å². The number of benzene rings is 1. The van der Waals surface area contributed by atoms with E-state index >= 15 is 0 Å². The van der Waals surface area contributed by atoms with Crippen LogP contribution in [0.4, 0.5) is 0 Å². The van der Waals surface area contributed by atoms with E-state index in [0.29, 0.717) is 18.6 Å². The first-order valence-corrected chi connectivity index (χ1v) is 5.91. The maximum absolute atomic E-state index is 11.1. The van der Waals surface area contributed by atoms with Crippen molar-refractivity contribution in [3.05, 3.63) is 34.9 Å². The molecule has 104 valence electrons. The molecule has 1 rings (SSSR count). The molecule has 0 bridgehead atoms. The van der Waals surface area contributed by atoms with Gasteiger partial charge >= 0.3 is 5.97 Å². The zero-order valence-corrected chi connectivity index (χ0v) is 11.2. The summed E-state index contributed by atoms with van der Waals surface area (Å²) in [5, 5.41) is 0. The Morgan fingerprint density at radius 1 is 1.32 bits per heavy atom. The molecule has 0 radical (unpaired) electrons. The van der Waals surface area contributed by atoms with Crippen molar-refractivity contribution in [2.45, 2.75) is 19.4 Å². The second-order valence-corrected chi connectivity index (χ2v) is 3.98. The second kappa shape index (κ2) is 8.39. The van der Waals surface area contributed by atoms with Crippen molar-refractivity contribution in [1.82, 2.24) is 0 Å². The van der Waals surface area contributed by atoms with Crippen molar-refractivity contribution in [1.29, 1.82) is 0 Å². The fourth-order valence-electron chi connectivity index (χ4n) is 1.65. The summed E-state index contributed by atoms with van der Waals surface area (Å²) >= 11 is 0. The van der Waals surface area contributed by atoms with Crippen LogP contribution in [-0.4, -0.2) is 33.3 Å². The molecule has 19 heavy (non-hydrogen) atoms. The Labute approximate surface area is 112 Å². The quantitative estimate of drug-likeness (QED) is 0.310. The van der Waals surface area contributed by atoms with Gasteiger partial charge in [0.25, 0.3) is 0 Å². The Kier molecular flexibility index (Phi) is 6.78. The Balaban J connectivity index is 2.67. The molecule has 0 saturated carbocycles. The fraction of sp³-hybridized carbons (Fsp3) is 0.429. The van der Waals surface area contributed by atoms with Crippen LogP contribution < -0.4 is 0 Å². The van der Waals surface area contributed by atoms with Crippen LogP contribution in [0.25, 0.3) is 0 Å². The van der Waals surface area contributed by atoms with E-state index < -0.39 is 0 Å². The number of aldehydes is 1. The largest absolute Gasteiger partial charge is 0.469 e. The summed E-state index contributed by atoms with van der Waals surface area (Å²) in [5.74, 6) is -0.288. The van der Waals surface area contributed by atoms with E-state index in [0.717, 1.165) is 17.4 Å². The molecule has 0 saturated heterocycles. The number of esters is 1. The summed E-state index contributed by atoms with van der Waals surface area (Å²) in [4.78, 5) is 22.1. The summed E-state index contributed by atoms with van der Waals surface area (Å²) < 4.78 is 14.6. The molecule has 0 fully saturated rings. The van der Waals surface area contributed by atoms with Crippen molar-refractivity contribution < 1.29 is 23.8 Å². The molecule has 1 aromatic carbocycles. The first-order valence-electron chi connectivity index (χ1n) is 5.91. The predicted octanol–water partition coefficient (Wildman–Crippen LogP) is 1.73. The van der Waals surface area contributed by atoms with E-state index in [4.69, 9.17) is 9.47 Å². The van der Waals surface area contributed by atoms with Crippen molar-refractivity contribution in [2.24, 2.45) is 0 Å². The minimum absolute atomic E-state index is 0.209. The molecular formula is C14H18O5. The van der Waals surface area contributed by atoms with Gasteiger partial charge in [-0.2, -0.15) is 0 Å². The standard InChI is InChI=1S/C14H18O5/c1-17-10-19-9-11-3-4-12(13(7-11)8-15)5-6-14(16)18-2/h3-4,7-8H,5-6,9-10H2,1-2H3. The zero-order valence-electron chi connectivity index (χ0n) is 11.2. The van der Waals surface area contributed by atoms with Crippen LogP contribution in [0.1, 0.15) is 27.9 Å². The molecule has 0 aliphatic rings. The Morgan fingerprint density at radius 2 is 2.11 bits per heavy atom. The van der Waals surface area contributed by atoms with Crippen LogP contribution in [0, 0.1) is 0 Å². The van der Waals surface area contributed by atoms with Gasteiger partial charge in [0.05, 0.1) is 13.7 Å². The molecule has 0 amide bonds. The third-order valence-electron chi connectivity index (χ3n) is 2.63. The molecule has 0 heterocycles. The third kappa shape index (κ3) is 5.19. The molecule has 0 aliphatic heterocycles. The van der Waals surface area contributed by atoms with Crippen LogP contribution in [0.2, 0.25) is 0 Å². The van der Waals surface area contributed by atoms with Crippen LogP contribution in [-0.2, 0) is 32.0 Å². The molecule has 0 aliphatic carbocycles. The van der Waals surface area contributed by atoms with Gasteiger partial charge in [-0.15, -0.1) is 0 Å². The van der Waals surface area contributed by atoms with Gasteiger partial charge in [-0.1, -0.05) is 12.1 Å². The fourth-order valence-corrected chi connectivity index (χ4v) is 1.65. The maximum Gasteiger partial charge on any atom is 0.305 e. The first-order chi connectivity index (χ1) is 9.21. The monoisotopic (exact) mass is 266 g/mol. The van der Waals surface area contributed by atoms with Gasteiger partial charge in [-0.25, -0.2) is 0 Å². The molecule has 0 atom stereocenters. The third-order valence-corrected chi connectivity index (χ3v) is 2.63. The van der Waals surface area contributed by atoms with E-state index in [1.807, 2.05) is 12.1 Å². The zero-order chi connectivity index (χ0) is 14.1. The lowest BCUT2D eigenvalue weighted by Gasteiger charge is -2.08. The van der Waals surface area contributed by atoms with E-state index in [1.165, 1.54) is 7.11 Å². The summed E-state index contributed by atoms with van der Waals surface area (Å²) in [7, 11) is 2.89. The topological polar surface area (TPSA) is 61.8 Å². The van der Waals surface area contributed by atoms with Gasteiger partial charge in [0.1, 0.15) is 13.1 Å². The van der Waals surface area contributed by atoms with Gasteiger partial charge in [-0.05, 0) is 23.6 Å². The number of aryl methyl sites for hydroxylation is 1. The highest BCUT2D eigenvalue weighted by Crippen LogP contribution is 2.13. The highest BCUT2D eigenvalue weighted by Gasteiger charge is 2.07. The normalized spacial score (nSPS) is 10.2.